The molecule has 9 nitrogen and oxygen atoms in total. The number of carboxylic acid groups (broad SMARTS) is 1. The number of H-pyrrole nitrogens is 2. The van der Waals surface area contributed by atoms with Crippen molar-refractivity contribution in [1.82, 2.24) is 29.9 Å². The molecule has 4 aromatic heterocycles. The number of carboxylic acids is 1. The van der Waals surface area contributed by atoms with Crippen molar-refractivity contribution in [3.05, 3.63) is 149 Å². The number of hydrogen-bond acceptors (Lipinski definition) is 6. The number of aromatic nitrogens is 6. The van der Waals surface area contributed by atoms with E-state index in [4.69, 9.17) is 15.2 Å². The Bertz CT molecular complexity index is 2680. The van der Waals surface area contributed by atoms with Crippen LogP contribution in [0, 0.1) is 23.2 Å². The zero-order valence-corrected chi connectivity index (χ0v) is 26.8. The lowest BCUT2D eigenvalue weighted by Crippen LogP contribution is -1.98. The van der Waals surface area contributed by atoms with Gasteiger partial charge in [-0.05, 0) is 77.8 Å². The number of nitrogens with one attached hydrogen (secondary N) is 2. The Balaban J connectivity index is 1.40. The van der Waals surface area contributed by atoms with Crippen molar-refractivity contribution >= 4 is 58.4 Å². The molecule has 0 aliphatic carbocycles. The number of carbonyl (C=O) groups is 1. The lowest BCUT2D eigenvalue weighted by molar-refractivity contribution is -0.132. The normalized spacial score (nSPS) is 11.9. The summed E-state index contributed by atoms with van der Waals surface area (Å²) in [6.45, 7) is 0. The van der Waals surface area contributed by atoms with Crippen LogP contribution < -0.4 is 0 Å². The summed E-state index contributed by atoms with van der Waals surface area (Å²) in [6, 6.07) is 32.0. The van der Waals surface area contributed by atoms with Gasteiger partial charge in [0.2, 0.25) is 5.82 Å². The molecule has 0 unspecified atom stereocenters. The summed E-state index contributed by atoms with van der Waals surface area (Å²) in [6.07, 6.45) is 12.1. The molecule has 0 spiro atoms. The van der Waals surface area contributed by atoms with Gasteiger partial charge in [-0.25, -0.2) is 24.7 Å². The highest BCUT2D eigenvalue weighted by molar-refractivity contribution is 5.96. The number of nitriles is 1. The number of rotatable bonds is 4. The first-order valence-corrected chi connectivity index (χ1v) is 16.0. The Morgan fingerprint density at radius 2 is 1.29 bits per heavy atom. The molecule has 0 saturated heterocycles. The number of nitrogens with zero attached hydrogens (tertiary/aromatic N) is 5. The van der Waals surface area contributed by atoms with E-state index >= 15 is 0 Å². The number of hydrogen-bond donors (Lipinski definition) is 3. The van der Waals surface area contributed by atoms with Gasteiger partial charge >= 0.3 is 5.97 Å². The van der Waals surface area contributed by atoms with Crippen LogP contribution in [-0.4, -0.2) is 41.0 Å². The molecule has 8 bridgehead atoms. The zero-order valence-electron chi connectivity index (χ0n) is 26.8. The van der Waals surface area contributed by atoms with Gasteiger partial charge in [0.15, 0.2) is 0 Å². The Kier molecular flexibility index (Phi) is 7.90. The quantitative estimate of drug-likeness (QED) is 0.0982. The van der Waals surface area contributed by atoms with E-state index in [0.717, 1.165) is 61.4 Å². The summed E-state index contributed by atoms with van der Waals surface area (Å²) >= 11 is 0. The Morgan fingerprint density at radius 3 is 1.98 bits per heavy atom. The third-order valence-corrected chi connectivity index (χ3v) is 8.33. The fourth-order valence-corrected chi connectivity index (χ4v) is 5.99. The lowest BCUT2D eigenvalue weighted by Gasteiger charge is -2.04. The lowest BCUT2D eigenvalue weighted by atomic mass is 10.0. The second-order valence-electron chi connectivity index (χ2n) is 11.7. The molecule has 0 fully saturated rings. The SMILES string of the molecule is N#C/C(=C/c1cnc(C#Cc2c3nc(c(-c4ccccc4)c4ccc(cc5nc(c(-c6ccccc6)c6ccc2[nH]6)C=C5)[nH]4)C=C3)nc1)C(=O)O. The fraction of sp³-hybridized carbons (Fsp3) is 0. The smallest absolute Gasteiger partial charge is 0.346 e. The van der Waals surface area contributed by atoms with Crippen molar-refractivity contribution in [3.63, 3.8) is 0 Å². The molecule has 240 valence electrons. The van der Waals surface area contributed by atoms with Crippen LogP contribution in [0.2, 0.25) is 0 Å². The van der Waals surface area contributed by atoms with Crippen LogP contribution in [0.5, 0.6) is 0 Å². The predicted molar refractivity (Wildman–Crippen MR) is 199 cm³/mol. The summed E-state index contributed by atoms with van der Waals surface area (Å²) < 4.78 is 0. The molecular formula is C42H25N7O2. The van der Waals surface area contributed by atoms with E-state index in [1.54, 1.807) is 6.07 Å². The Morgan fingerprint density at radius 1 is 0.686 bits per heavy atom. The van der Waals surface area contributed by atoms with Crippen molar-refractivity contribution in [1.29, 1.82) is 5.26 Å². The van der Waals surface area contributed by atoms with Gasteiger partial charge in [0.05, 0.1) is 33.9 Å². The molecule has 2 aliphatic rings. The van der Waals surface area contributed by atoms with Crippen molar-refractivity contribution in [2.45, 2.75) is 0 Å². The van der Waals surface area contributed by atoms with Gasteiger partial charge in [-0.2, -0.15) is 5.26 Å². The summed E-state index contributed by atoms with van der Waals surface area (Å²) in [5, 5.41) is 18.3. The number of benzene rings is 2. The number of aromatic amines is 2. The van der Waals surface area contributed by atoms with E-state index in [-0.39, 0.29) is 5.82 Å². The van der Waals surface area contributed by atoms with E-state index in [9.17, 15) is 9.90 Å². The zero-order chi connectivity index (χ0) is 34.7. The molecule has 51 heavy (non-hydrogen) atoms. The van der Waals surface area contributed by atoms with Gasteiger partial charge in [-0.15, -0.1) is 0 Å². The maximum atomic E-state index is 11.3. The average Bonchev–Trinajstić information content (AvgIpc) is 3.99. The summed E-state index contributed by atoms with van der Waals surface area (Å²) in [5.74, 6) is 5.23. The molecule has 9 heteroatoms. The first kappa shape index (κ1) is 30.7. The van der Waals surface area contributed by atoms with E-state index < -0.39 is 11.5 Å². The summed E-state index contributed by atoms with van der Waals surface area (Å²) in [7, 11) is 0. The standard InChI is InChI=1S/C42H25N7O2/c43-23-29(42(50)51)21-26-24-44-39(45-25-26)20-13-32-33-16-18-37(48-33)40(27-7-3-1-4-8-27)35-14-11-30(46-35)22-31-12-15-36(47-31)41(28-9-5-2-6-10-28)38-19-17-34(32)49-38/h1-12,14-19,21-22,24-25,46,49H,(H,50,51)/b29-21-,30-22?,31-22?,33-32?,34-32?,40-35?,40-37?,41-36?,41-38?. The first-order chi connectivity index (χ1) is 25.0. The third kappa shape index (κ3) is 6.22. The molecule has 0 atom stereocenters. The molecule has 0 amide bonds. The molecule has 8 rings (SSSR count). The first-order valence-electron chi connectivity index (χ1n) is 16.0. The minimum Gasteiger partial charge on any atom is -0.477 e. The second kappa shape index (κ2) is 13.1. The van der Waals surface area contributed by atoms with Gasteiger partial charge in [-0.1, -0.05) is 66.6 Å². The highest BCUT2D eigenvalue weighted by atomic mass is 16.4. The predicted octanol–water partition coefficient (Wildman–Crippen LogP) is 8.17. The van der Waals surface area contributed by atoms with Gasteiger partial charge in [0.1, 0.15) is 11.6 Å². The van der Waals surface area contributed by atoms with Crippen LogP contribution in [0.3, 0.4) is 0 Å². The maximum absolute atomic E-state index is 11.3. The molecule has 0 radical (unpaired) electrons. The number of fused-ring (bicyclic) bond motifs is 8. The molecule has 2 aromatic carbocycles. The van der Waals surface area contributed by atoms with Crippen molar-refractivity contribution in [2.75, 3.05) is 0 Å². The monoisotopic (exact) mass is 659 g/mol. The maximum Gasteiger partial charge on any atom is 0.346 e. The van der Waals surface area contributed by atoms with Crippen molar-refractivity contribution in [3.8, 4) is 40.2 Å². The van der Waals surface area contributed by atoms with E-state index in [1.807, 2.05) is 85.0 Å². The summed E-state index contributed by atoms with van der Waals surface area (Å²) in [5.41, 5.74) is 11.0. The minimum absolute atomic E-state index is 0.218. The van der Waals surface area contributed by atoms with Crippen LogP contribution >= 0.6 is 0 Å². The van der Waals surface area contributed by atoms with E-state index in [0.29, 0.717) is 16.8 Å². The average molecular weight is 660 g/mol. The molecule has 6 aromatic rings. The highest BCUT2D eigenvalue weighted by Crippen LogP contribution is 2.33. The van der Waals surface area contributed by atoms with Crippen LogP contribution in [-0.2, 0) is 4.79 Å². The molecular weight excluding hydrogens is 635 g/mol. The fourth-order valence-electron chi connectivity index (χ4n) is 5.99. The molecule has 3 N–H and O–H groups in total. The topological polar surface area (TPSA) is 144 Å². The van der Waals surface area contributed by atoms with Crippen LogP contribution in [0.25, 0.3) is 74.7 Å². The highest BCUT2D eigenvalue weighted by Gasteiger charge is 2.15. The molecule has 6 heterocycles. The molecule has 0 saturated carbocycles. The van der Waals surface area contributed by atoms with Crippen molar-refractivity contribution in [2.24, 2.45) is 0 Å². The van der Waals surface area contributed by atoms with Crippen LogP contribution in [0.4, 0.5) is 0 Å². The Hall–Kier alpha value is -7.62. The molecule has 2 aliphatic heterocycles. The van der Waals surface area contributed by atoms with Gasteiger partial charge in [0, 0.05) is 45.6 Å². The third-order valence-electron chi connectivity index (χ3n) is 8.33. The van der Waals surface area contributed by atoms with Crippen LogP contribution in [0.1, 0.15) is 39.7 Å². The Labute approximate surface area is 291 Å². The van der Waals surface area contributed by atoms with Gasteiger partial charge in [-0.3, -0.25) is 0 Å². The van der Waals surface area contributed by atoms with Gasteiger partial charge in [0.25, 0.3) is 0 Å². The van der Waals surface area contributed by atoms with Crippen molar-refractivity contribution < 1.29 is 9.90 Å². The largest absolute Gasteiger partial charge is 0.477 e. The van der Waals surface area contributed by atoms with E-state index in [2.05, 4.69) is 62.1 Å². The van der Waals surface area contributed by atoms with Crippen LogP contribution in [0.15, 0.2) is 109 Å². The minimum atomic E-state index is -1.32. The van der Waals surface area contributed by atoms with E-state index in [1.165, 1.54) is 18.5 Å². The second-order valence-corrected chi connectivity index (χ2v) is 11.7. The number of aliphatic carboxylic acids is 1. The van der Waals surface area contributed by atoms with Gasteiger partial charge < -0.3 is 15.1 Å². The summed E-state index contributed by atoms with van der Waals surface area (Å²) in [4.78, 5) is 37.3.